The second-order valence-electron chi connectivity index (χ2n) is 6.11. The monoisotopic (exact) mass is 301 g/mol. The number of nitrogens with one attached hydrogen (secondary N) is 1. The van der Waals surface area contributed by atoms with Gasteiger partial charge in [-0.15, -0.1) is 0 Å². The molecule has 0 aliphatic heterocycles. The van der Waals surface area contributed by atoms with Crippen molar-refractivity contribution in [3.63, 3.8) is 0 Å². The summed E-state index contributed by atoms with van der Waals surface area (Å²) in [5.74, 6) is 1.77. The molecule has 0 atom stereocenters. The van der Waals surface area contributed by atoms with Crippen LogP contribution in [0.15, 0.2) is 40.3 Å². The van der Waals surface area contributed by atoms with Crippen molar-refractivity contribution in [1.29, 1.82) is 0 Å². The molecule has 0 saturated carbocycles. The smallest absolute Gasteiger partial charge is 0.137 e. The predicted molar refractivity (Wildman–Crippen MR) is 90.2 cm³/mol. The van der Waals surface area contributed by atoms with Gasteiger partial charge >= 0.3 is 0 Å². The summed E-state index contributed by atoms with van der Waals surface area (Å²) in [5.41, 5.74) is 1.21. The Kier molecular flexibility index (Phi) is 4.88. The van der Waals surface area contributed by atoms with Crippen LogP contribution in [0.1, 0.15) is 39.1 Å². The first-order chi connectivity index (χ1) is 9.88. The van der Waals surface area contributed by atoms with Gasteiger partial charge in [0.05, 0.1) is 0 Å². The average molecular weight is 301 g/mol. The van der Waals surface area contributed by atoms with Crippen molar-refractivity contribution in [2.75, 3.05) is 11.9 Å². The Morgan fingerprint density at radius 3 is 2.33 bits per heavy atom. The summed E-state index contributed by atoms with van der Waals surface area (Å²) < 4.78 is 0. The molecule has 112 valence electrons. The van der Waals surface area contributed by atoms with Crippen LogP contribution < -0.4 is 5.32 Å². The molecule has 4 heteroatoms. The van der Waals surface area contributed by atoms with E-state index < -0.39 is 0 Å². The predicted octanol–water partition coefficient (Wildman–Crippen LogP) is 4.67. The van der Waals surface area contributed by atoms with E-state index in [1.807, 2.05) is 6.07 Å². The first-order valence-electron chi connectivity index (χ1n) is 7.26. The van der Waals surface area contributed by atoms with Gasteiger partial charge in [0.1, 0.15) is 16.7 Å². The summed E-state index contributed by atoms with van der Waals surface area (Å²) in [7, 11) is 0. The molecule has 0 fully saturated rings. The van der Waals surface area contributed by atoms with Gasteiger partial charge in [-0.1, -0.05) is 50.2 Å². The lowest BCUT2D eigenvalue weighted by Crippen LogP contribution is -2.17. The average Bonchev–Trinajstić information content (AvgIpc) is 2.41. The van der Waals surface area contributed by atoms with Crippen molar-refractivity contribution in [3.8, 4) is 0 Å². The van der Waals surface area contributed by atoms with Gasteiger partial charge in [-0.25, -0.2) is 9.97 Å². The van der Waals surface area contributed by atoms with Gasteiger partial charge in [-0.05, 0) is 26.0 Å². The van der Waals surface area contributed by atoms with Crippen molar-refractivity contribution in [2.45, 2.75) is 50.0 Å². The van der Waals surface area contributed by atoms with Crippen molar-refractivity contribution < 1.29 is 0 Å². The quantitative estimate of drug-likeness (QED) is 0.833. The molecule has 21 heavy (non-hydrogen) atoms. The number of aryl methyl sites for hydroxylation is 1. The highest BCUT2D eigenvalue weighted by atomic mass is 32.2. The molecule has 0 saturated heterocycles. The standard InChI is InChI=1S/C17H23N3S/c1-6-18-14-11-15(20-16(19-14)17(3,4)5)21-13-9-7-12(2)8-10-13/h7-11H,6H2,1-5H3,(H,18,19,20). The van der Waals surface area contributed by atoms with Gasteiger partial charge < -0.3 is 5.32 Å². The highest BCUT2D eigenvalue weighted by molar-refractivity contribution is 7.99. The summed E-state index contributed by atoms with van der Waals surface area (Å²) in [6.07, 6.45) is 0. The zero-order valence-electron chi connectivity index (χ0n) is 13.4. The number of hydrogen-bond acceptors (Lipinski definition) is 4. The van der Waals surface area contributed by atoms with Crippen molar-refractivity contribution in [2.24, 2.45) is 0 Å². The van der Waals surface area contributed by atoms with E-state index in [4.69, 9.17) is 4.98 Å². The minimum atomic E-state index is -0.0615. The molecule has 1 aromatic carbocycles. The van der Waals surface area contributed by atoms with Gasteiger partial charge in [0, 0.05) is 22.9 Å². The van der Waals surface area contributed by atoms with Gasteiger partial charge in [-0.2, -0.15) is 0 Å². The fourth-order valence-electron chi connectivity index (χ4n) is 1.81. The first kappa shape index (κ1) is 15.8. The van der Waals surface area contributed by atoms with Crippen LogP contribution in [0.2, 0.25) is 0 Å². The third-order valence-electron chi connectivity index (χ3n) is 2.97. The fourth-order valence-corrected chi connectivity index (χ4v) is 2.63. The molecule has 0 aliphatic carbocycles. The normalized spacial score (nSPS) is 11.5. The van der Waals surface area contributed by atoms with E-state index in [-0.39, 0.29) is 5.41 Å². The zero-order chi connectivity index (χ0) is 15.5. The van der Waals surface area contributed by atoms with Crippen molar-refractivity contribution in [3.05, 3.63) is 41.7 Å². The third kappa shape index (κ3) is 4.46. The Morgan fingerprint density at radius 2 is 1.76 bits per heavy atom. The van der Waals surface area contributed by atoms with E-state index in [0.717, 1.165) is 23.2 Å². The second kappa shape index (κ2) is 6.48. The highest BCUT2D eigenvalue weighted by Gasteiger charge is 2.19. The first-order valence-corrected chi connectivity index (χ1v) is 8.08. The van der Waals surface area contributed by atoms with E-state index in [0.29, 0.717) is 0 Å². The summed E-state index contributed by atoms with van der Waals surface area (Å²) >= 11 is 1.68. The lowest BCUT2D eigenvalue weighted by molar-refractivity contribution is 0.539. The van der Waals surface area contributed by atoms with Crippen LogP contribution >= 0.6 is 11.8 Å². The van der Waals surface area contributed by atoms with Crippen LogP contribution in [0.4, 0.5) is 5.82 Å². The summed E-state index contributed by atoms with van der Waals surface area (Å²) in [6.45, 7) is 11.4. The largest absolute Gasteiger partial charge is 0.370 e. The SMILES string of the molecule is CCNc1cc(Sc2ccc(C)cc2)nc(C(C)(C)C)n1. The molecular weight excluding hydrogens is 278 g/mol. The maximum absolute atomic E-state index is 4.72. The van der Waals surface area contributed by atoms with Crippen LogP contribution in [0.3, 0.4) is 0 Å². The third-order valence-corrected chi connectivity index (χ3v) is 3.90. The van der Waals surface area contributed by atoms with Crippen molar-refractivity contribution >= 4 is 17.6 Å². The number of anilines is 1. The van der Waals surface area contributed by atoms with Crippen LogP contribution in [-0.4, -0.2) is 16.5 Å². The number of aromatic nitrogens is 2. The lowest BCUT2D eigenvalue weighted by atomic mass is 9.96. The maximum atomic E-state index is 4.72. The summed E-state index contributed by atoms with van der Waals surface area (Å²) in [4.78, 5) is 10.5. The van der Waals surface area contributed by atoms with Gasteiger partial charge in [0.2, 0.25) is 0 Å². The molecule has 2 rings (SSSR count). The lowest BCUT2D eigenvalue weighted by Gasteiger charge is -2.18. The Hall–Kier alpha value is -1.55. The molecule has 0 unspecified atom stereocenters. The Bertz CT molecular complexity index is 600. The highest BCUT2D eigenvalue weighted by Crippen LogP contribution is 2.30. The van der Waals surface area contributed by atoms with E-state index >= 15 is 0 Å². The summed E-state index contributed by atoms with van der Waals surface area (Å²) in [6, 6.07) is 10.5. The van der Waals surface area contributed by atoms with Gasteiger partial charge in [-0.3, -0.25) is 0 Å². The Morgan fingerprint density at radius 1 is 1.10 bits per heavy atom. The number of rotatable bonds is 4. The Labute approximate surface area is 131 Å². The topological polar surface area (TPSA) is 37.8 Å². The van der Waals surface area contributed by atoms with Crippen LogP contribution in [0.5, 0.6) is 0 Å². The molecule has 3 nitrogen and oxygen atoms in total. The molecule has 1 heterocycles. The number of nitrogens with zero attached hydrogens (tertiary/aromatic N) is 2. The molecule has 0 bridgehead atoms. The molecule has 1 N–H and O–H groups in total. The number of benzene rings is 1. The van der Waals surface area contributed by atoms with E-state index in [1.54, 1.807) is 11.8 Å². The van der Waals surface area contributed by atoms with E-state index in [9.17, 15) is 0 Å². The van der Waals surface area contributed by atoms with E-state index in [1.165, 1.54) is 10.5 Å². The molecule has 0 aliphatic rings. The van der Waals surface area contributed by atoms with Crippen LogP contribution in [0, 0.1) is 6.92 Å². The fraction of sp³-hybridized carbons (Fsp3) is 0.412. The molecular formula is C17H23N3S. The molecule has 0 amide bonds. The second-order valence-corrected chi connectivity index (χ2v) is 7.20. The molecule has 2 aromatic rings. The number of hydrogen-bond donors (Lipinski definition) is 1. The van der Waals surface area contributed by atoms with Crippen molar-refractivity contribution in [1.82, 2.24) is 9.97 Å². The zero-order valence-corrected chi connectivity index (χ0v) is 14.2. The maximum Gasteiger partial charge on any atom is 0.137 e. The molecule has 0 spiro atoms. The Balaban J connectivity index is 2.33. The van der Waals surface area contributed by atoms with Gasteiger partial charge in [0.15, 0.2) is 0 Å². The molecule has 1 aromatic heterocycles. The van der Waals surface area contributed by atoms with Crippen LogP contribution in [-0.2, 0) is 5.41 Å². The van der Waals surface area contributed by atoms with Crippen LogP contribution in [0.25, 0.3) is 0 Å². The minimum absolute atomic E-state index is 0.0615. The van der Waals surface area contributed by atoms with Gasteiger partial charge in [0.25, 0.3) is 0 Å². The summed E-state index contributed by atoms with van der Waals surface area (Å²) in [5, 5.41) is 4.27. The minimum Gasteiger partial charge on any atom is -0.370 e. The van der Waals surface area contributed by atoms with E-state index in [2.05, 4.69) is 69.2 Å². The molecule has 0 radical (unpaired) electrons.